The molecule has 4 aromatic rings. The molecular formula is C20H13BrCl2N4O4S. The maximum atomic E-state index is 13.3. The summed E-state index contributed by atoms with van der Waals surface area (Å²) in [6.45, 7) is -0.780. The van der Waals surface area contributed by atoms with Crippen LogP contribution in [0.3, 0.4) is 0 Å². The lowest BCUT2D eigenvalue weighted by atomic mass is 10.2. The van der Waals surface area contributed by atoms with Gasteiger partial charge in [-0.25, -0.2) is 18.4 Å². The summed E-state index contributed by atoms with van der Waals surface area (Å²) in [6.07, 6.45) is 3.37. The predicted molar refractivity (Wildman–Crippen MR) is 125 cm³/mol. The van der Waals surface area contributed by atoms with Crippen LogP contribution in [0.5, 0.6) is 0 Å². The summed E-state index contributed by atoms with van der Waals surface area (Å²) < 4.78 is 29.6. The van der Waals surface area contributed by atoms with Crippen LogP contribution in [0.25, 0.3) is 16.7 Å². The van der Waals surface area contributed by atoms with Crippen LogP contribution < -0.4 is 4.31 Å². The zero-order valence-electron chi connectivity index (χ0n) is 16.0. The largest absolute Gasteiger partial charge is 0.480 e. The highest BCUT2D eigenvalue weighted by molar-refractivity contribution is 9.10. The topological polar surface area (TPSA) is 105 Å². The SMILES string of the molecule is O=C(O)CN(c1ccc2c(ccn2-c2ccnc(Br)n2)c1)S(=O)(=O)c1cc(Cl)cc(Cl)c1. The number of halogens is 3. The van der Waals surface area contributed by atoms with Gasteiger partial charge in [0.1, 0.15) is 12.4 Å². The Morgan fingerprint density at radius 1 is 1.09 bits per heavy atom. The van der Waals surface area contributed by atoms with Crippen LogP contribution in [-0.2, 0) is 14.8 Å². The lowest BCUT2D eigenvalue weighted by Crippen LogP contribution is -2.35. The molecule has 0 aliphatic carbocycles. The molecule has 0 amide bonds. The third-order valence-electron chi connectivity index (χ3n) is 4.52. The van der Waals surface area contributed by atoms with Gasteiger partial charge in [-0.2, -0.15) is 0 Å². The molecule has 1 N–H and O–H groups in total. The van der Waals surface area contributed by atoms with E-state index in [1.54, 1.807) is 41.2 Å². The van der Waals surface area contributed by atoms with Crippen molar-refractivity contribution >= 4 is 71.7 Å². The van der Waals surface area contributed by atoms with E-state index in [-0.39, 0.29) is 20.6 Å². The van der Waals surface area contributed by atoms with E-state index in [9.17, 15) is 18.3 Å². The van der Waals surface area contributed by atoms with E-state index >= 15 is 0 Å². The highest BCUT2D eigenvalue weighted by Gasteiger charge is 2.28. The monoisotopic (exact) mass is 554 g/mol. The zero-order chi connectivity index (χ0) is 23.0. The number of fused-ring (bicyclic) bond motifs is 1. The van der Waals surface area contributed by atoms with Gasteiger partial charge in [-0.3, -0.25) is 9.10 Å². The van der Waals surface area contributed by atoms with E-state index in [0.717, 1.165) is 9.82 Å². The zero-order valence-corrected chi connectivity index (χ0v) is 19.9. The fourth-order valence-electron chi connectivity index (χ4n) is 3.19. The smallest absolute Gasteiger partial charge is 0.324 e. The van der Waals surface area contributed by atoms with E-state index in [2.05, 4.69) is 25.9 Å². The minimum absolute atomic E-state index is 0.120. The fraction of sp³-hybridized carbons (Fsp3) is 0.0500. The molecule has 164 valence electrons. The number of aliphatic carboxylic acids is 1. The molecular weight excluding hydrogens is 543 g/mol. The van der Waals surface area contributed by atoms with Gasteiger partial charge in [-0.15, -0.1) is 0 Å². The Bertz CT molecular complexity index is 1440. The number of carboxylic acids is 1. The van der Waals surface area contributed by atoms with Crippen molar-refractivity contribution in [3.8, 4) is 5.82 Å². The number of hydrogen-bond acceptors (Lipinski definition) is 5. The first-order chi connectivity index (χ1) is 15.1. The van der Waals surface area contributed by atoms with E-state index in [4.69, 9.17) is 23.2 Å². The van der Waals surface area contributed by atoms with Gasteiger partial charge in [-0.05, 0) is 64.5 Å². The molecule has 2 heterocycles. The Kier molecular flexibility index (Phi) is 6.13. The third kappa shape index (κ3) is 4.44. The molecule has 2 aromatic heterocycles. The van der Waals surface area contributed by atoms with Gasteiger partial charge >= 0.3 is 5.97 Å². The quantitative estimate of drug-likeness (QED) is 0.343. The average Bonchev–Trinajstić information content (AvgIpc) is 3.14. The lowest BCUT2D eigenvalue weighted by molar-refractivity contribution is -0.135. The van der Waals surface area contributed by atoms with Crippen molar-refractivity contribution in [2.45, 2.75) is 4.90 Å². The molecule has 0 aliphatic rings. The predicted octanol–water partition coefficient (Wildman–Crippen LogP) is 4.77. The number of carbonyl (C=O) groups is 1. The Hall–Kier alpha value is -2.66. The second kappa shape index (κ2) is 8.70. The second-order valence-corrected chi connectivity index (χ2v) is 10.1. The molecule has 0 radical (unpaired) electrons. The molecule has 12 heteroatoms. The summed E-state index contributed by atoms with van der Waals surface area (Å²) in [5.74, 6) is -0.705. The summed E-state index contributed by atoms with van der Waals surface area (Å²) in [4.78, 5) is 19.6. The first-order valence-corrected chi connectivity index (χ1v) is 11.9. The molecule has 0 saturated carbocycles. The summed E-state index contributed by atoms with van der Waals surface area (Å²) in [7, 11) is -4.26. The number of benzene rings is 2. The highest BCUT2D eigenvalue weighted by atomic mass is 79.9. The van der Waals surface area contributed by atoms with Crippen molar-refractivity contribution in [1.82, 2.24) is 14.5 Å². The molecule has 0 atom stereocenters. The van der Waals surface area contributed by atoms with Crippen molar-refractivity contribution in [1.29, 1.82) is 0 Å². The van der Waals surface area contributed by atoms with Gasteiger partial charge in [0.05, 0.1) is 16.1 Å². The number of sulfonamides is 1. The molecule has 8 nitrogen and oxygen atoms in total. The van der Waals surface area contributed by atoms with Gasteiger partial charge in [0.25, 0.3) is 10.0 Å². The highest BCUT2D eigenvalue weighted by Crippen LogP contribution is 2.31. The number of nitrogens with zero attached hydrogens (tertiary/aromatic N) is 4. The Labute approximate surface area is 201 Å². The van der Waals surface area contributed by atoms with Crippen molar-refractivity contribution in [3.63, 3.8) is 0 Å². The fourth-order valence-corrected chi connectivity index (χ4v) is 5.62. The number of aromatic nitrogens is 3. The summed E-state index contributed by atoms with van der Waals surface area (Å²) in [5, 5.41) is 10.3. The van der Waals surface area contributed by atoms with Crippen LogP contribution in [0, 0.1) is 0 Å². The van der Waals surface area contributed by atoms with Crippen LogP contribution in [-0.4, -0.2) is 40.6 Å². The van der Waals surface area contributed by atoms with Crippen LogP contribution >= 0.6 is 39.1 Å². The molecule has 0 aliphatic heterocycles. The van der Waals surface area contributed by atoms with Crippen molar-refractivity contribution < 1.29 is 18.3 Å². The van der Waals surface area contributed by atoms with Gasteiger partial charge in [0, 0.05) is 27.8 Å². The standard InChI is InChI=1S/C20H13BrCl2N4O4S/c21-20-24-5-3-18(25-20)26-6-4-12-7-15(1-2-17(12)26)27(11-19(28)29)32(30,31)16-9-13(22)8-14(23)10-16/h1-10H,11H2,(H,28,29). The summed E-state index contributed by atoms with van der Waals surface area (Å²) >= 11 is 15.2. The molecule has 4 rings (SSSR count). The average molecular weight is 556 g/mol. The normalized spacial score (nSPS) is 11.6. The van der Waals surface area contributed by atoms with E-state index in [0.29, 0.717) is 15.9 Å². The maximum absolute atomic E-state index is 13.3. The van der Waals surface area contributed by atoms with Crippen molar-refractivity contribution in [2.75, 3.05) is 10.8 Å². The van der Waals surface area contributed by atoms with Crippen LogP contribution in [0.2, 0.25) is 10.0 Å². The van der Waals surface area contributed by atoms with E-state index < -0.39 is 22.5 Å². The molecule has 0 fully saturated rings. The summed E-state index contributed by atoms with van der Waals surface area (Å²) in [5.41, 5.74) is 0.926. The number of hydrogen-bond donors (Lipinski definition) is 1. The Balaban J connectivity index is 1.82. The van der Waals surface area contributed by atoms with Crippen molar-refractivity contribution in [2.24, 2.45) is 0 Å². The van der Waals surface area contributed by atoms with Gasteiger partial charge < -0.3 is 9.67 Å². The molecule has 0 bridgehead atoms. The summed E-state index contributed by atoms with van der Waals surface area (Å²) in [6, 6.07) is 12.1. The molecule has 0 spiro atoms. The van der Waals surface area contributed by atoms with Crippen LogP contribution in [0.1, 0.15) is 0 Å². The number of rotatable bonds is 6. The van der Waals surface area contributed by atoms with Gasteiger partial charge in [0.2, 0.25) is 0 Å². The molecule has 0 unspecified atom stereocenters. The number of carboxylic acid groups (broad SMARTS) is 1. The van der Waals surface area contributed by atoms with Crippen LogP contribution in [0.15, 0.2) is 70.6 Å². The Morgan fingerprint density at radius 3 is 2.47 bits per heavy atom. The third-order valence-corrected chi connectivity index (χ3v) is 7.09. The first kappa shape index (κ1) is 22.5. The van der Waals surface area contributed by atoms with Gasteiger partial charge in [-0.1, -0.05) is 23.2 Å². The lowest BCUT2D eigenvalue weighted by Gasteiger charge is -2.23. The molecule has 0 saturated heterocycles. The minimum atomic E-state index is -4.26. The van der Waals surface area contributed by atoms with E-state index in [1.165, 1.54) is 24.3 Å². The van der Waals surface area contributed by atoms with Crippen LogP contribution in [0.4, 0.5) is 5.69 Å². The Morgan fingerprint density at radius 2 is 1.81 bits per heavy atom. The molecule has 2 aromatic carbocycles. The van der Waals surface area contributed by atoms with E-state index in [1.807, 2.05) is 0 Å². The molecule has 32 heavy (non-hydrogen) atoms. The minimum Gasteiger partial charge on any atom is -0.480 e. The second-order valence-electron chi connectivity index (χ2n) is 6.62. The van der Waals surface area contributed by atoms with Gasteiger partial charge in [0.15, 0.2) is 4.73 Å². The maximum Gasteiger partial charge on any atom is 0.324 e. The number of anilines is 1. The first-order valence-electron chi connectivity index (χ1n) is 8.96. The van der Waals surface area contributed by atoms with Crippen molar-refractivity contribution in [3.05, 3.63) is 75.7 Å².